The normalized spacial score (nSPS) is 18.8. The highest BCUT2D eigenvalue weighted by Gasteiger charge is 2.35. The number of carbonyl (C=O) groups excluding carboxylic acids is 1. The largest absolute Gasteiger partial charge is 0.376 e. The van der Waals surface area contributed by atoms with Crippen LogP contribution in [0, 0.1) is 5.82 Å². The molecule has 1 atom stereocenters. The Kier molecular flexibility index (Phi) is 5.94. The summed E-state index contributed by atoms with van der Waals surface area (Å²) in [5.41, 5.74) is 0.563. The molecule has 0 bridgehead atoms. The summed E-state index contributed by atoms with van der Waals surface area (Å²) in [6, 6.07) is 10.7. The van der Waals surface area contributed by atoms with E-state index in [9.17, 15) is 17.6 Å². The van der Waals surface area contributed by atoms with E-state index in [1.807, 2.05) is 0 Å². The van der Waals surface area contributed by atoms with E-state index in [-0.39, 0.29) is 28.5 Å². The summed E-state index contributed by atoms with van der Waals surface area (Å²) >= 11 is 1.24. The molecule has 1 unspecified atom stereocenters. The fourth-order valence-electron chi connectivity index (χ4n) is 3.98. The van der Waals surface area contributed by atoms with E-state index in [1.54, 1.807) is 19.2 Å². The predicted molar refractivity (Wildman–Crippen MR) is 125 cm³/mol. The molecule has 1 amide bonds. The van der Waals surface area contributed by atoms with E-state index in [2.05, 4.69) is 4.98 Å². The second-order valence-electron chi connectivity index (χ2n) is 8.41. The van der Waals surface area contributed by atoms with Crippen molar-refractivity contribution in [3.8, 4) is 0 Å². The maximum absolute atomic E-state index is 14.2. The highest BCUT2D eigenvalue weighted by atomic mass is 32.2. The highest BCUT2D eigenvalue weighted by molar-refractivity contribution is 7.89. The molecular formula is C23H24FN3O4S2. The minimum absolute atomic E-state index is 0.0534. The topological polar surface area (TPSA) is 79.8 Å². The fraction of sp³-hybridized carbons (Fsp3) is 0.391. The van der Waals surface area contributed by atoms with Gasteiger partial charge in [-0.3, -0.25) is 9.69 Å². The monoisotopic (exact) mass is 489 g/mol. The zero-order valence-electron chi connectivity index (χ0n) is 18.1. The molecule has 2 aliphatic rings. The second kappa shape index (κ2) is 8.75. The van der Waals surface area contributed by atoms with Crippen molar-refractivity contribution in [2.45, 2.75) is 42.7 Å². The summed E-state index contributed by atoms with van der Waals surface area (Å²) in [6.07, 6.45) is 3.36. The van der Waals surface area contributed by atoms with Gasteiger partial charge in [-0.25, -0.2) is 17.8 Å². The van der Waals surface area contributed by atoms with Crippen LogP contribution < -0.4 is 4.90 Å². The minimum Gasteiger partial charge on any atom is -0.376 e. The van der Waals surface area contributed by atoms with Gasteiger partial charge in [-0.15, -0.1) is 0 Å². The van der Waals surface area contributed by atoms with Crippen LogP contribution in [0.15, 0.2) is 47.4 Å². The number of carbonyl (C=O) groups is 1. The molecule has 0 spiro atoms. The van der Waals surface area contributed by atoms with Crippen LogP contribution in [0.5, 0.6) is 0 Å². The third-order valence-corrected chi connectivity index (χ3v) is 9.05. The van der Waals surface area contributed by atoms with Crippen molar-refractivity contribution >= 4 is 42.6 Å². The summed E-state index contributed by atoms with van der Waals surface area (Å²) in [7, 11) is -2.01. The van der Waals surface area contributed by atoms with Crippen molar-refractivity contribution in [3.63, 3.8) is 0 Å². The first kappa shape index (κ1) is 22.4. The molecule has 7 nitrogen and oxygen atoms in total. The van der Waals surface area contributed by atoms with Gasteiger partial charge < -0.3 is 4.74 Å². The standard InChI is InChI=1S/C23H24FN3O4S2/c1-26(16-9-10-16)33(29,30)18-11-7-15(8-12-18)22(28)27(14-17-4-3-13-31-17)23-25-21-19(24)5-2-6-20(21)32-23/h2,5-8,11-12,16-17H,3-4,9-10,13-14H2,1H3. The number of anilines is 1. The number of hydrogen-bond donors (Lipinski definition) is 0. The van der Waals surface area contributed by atoms with E-state index in [4.69, 9.17) is 4.74 Å². The Hall–Kier alpha value is -2.40. The molecule has 2 heterocycles. The van der Waals surface area contributed by atoms with Crippen LogP contribution in [0.3, 0.4) is 0 Å². The zero-order valence-corrected chi connectivity index (χ0v) is 19.7. The highest BCUT2D eigenvalue weighted by Crippen LogP contribution is 2.33. The number of ether oxygens (including phenoxy) is 1. The van der Waals surface area contributed by atoms with Gasteiger partial charge in [-0.2, -0.15) is 4.31 Å². The lowest BCUT2D eigenvalue weighted by Crippen LogP contribution is -2.37. The third-order valence-electron chi connectivity index (χ3n) is 6.08. The number of halogens is 1. The molecule has 1 saturated heterocycles. The minimum atomic E-state index is -3.59. The molecule has 1 saturated carbocycles. The van der Waals surface area contributed by atoms with Gasteiger partial charge in [0, 0.05) is 25.3 Å². The molecule has 0 radical (unpaired) electrons. The number of sulfonamides is 1. The van der Waals surface area contributed by atoms with Crippen LogP contribution in [0.4, 0.5) is 9.52 Å². The summed E-state index contributed by atoms with van der Waals surface area (Å²) < 4.78 is 47.6. The molecule has 0 N–H and O–H groups in total. The zero-order chi connectivity index (χ0) is 23.2. The van der Waals surface area contributed by atoms with Gasteiger partial charge in [0.2, 0.25) is 10.0 Å². The number of nitrogens with zero attached hydrogens (tertiary/aromatic N) is 3. The number of thiazole rings is 1. The average Bonchev–Trinajstić information content (AvgIpc) is 3.35. The predicted octanol–water partition coefficient (Wildman–Crippen LogP) is 4.04. The molecule has 3 aromatic rings. The molecule has 33 heavy (non-hydrogen) atoms. The van der Waals surface area contributed by atoms with Crippen LogP contribution in [0.1, 0.15) is 36.0 Å². The number of aromatic nitrogens is 1. The van der Waals surface area contributed by atoms with Crippen molar-refractivity contribution in [1.82, 2.24) is 9.29 Å². The fourth-order valence-corrected chi connectivity index (χ4v) is 6.39. The smallest absolute Gasteiger partial charge is 0.260 e. The molecule has 2 fully saturated rings. The SMILES string of the molecule is CN(C1CC1)S(=O)(=O)c1ccc(C(=O)N(CC2CCCO2)c2nc3c(F)cccc3s2)cc1. The van der Waals surface area contributed by atoms with Crippen LogP contribution in [0.2, 0.25) is 0 Å². The number of para-hydroxylation sites is 1. The van der Waals surface area contributed by atoms with E-state index in [1.165, 1.54) is 50.9 Å². The van der Waals surface area contributed by atoms with Crippen LogP contribution in [-0.2, 0) is 14.8 Å². The molecule has 5 rings (SSSR count). The van der Waals surface area contributed by atoms with Gasteiger partial charge in [0.05, 0.1) is 22.2 Å². The van der Waals surface area contributed by atoms with Crippen LogP contribution >= 0.6 is 11.3 Å². The van der Waals surface area contributed by atoms with Crippen LogP contribution in [0.25, 0.3) is 10.2 Å². The van der Waals surface area contributed by atoms with Gasteiger partial charge in [0.25, 0.3) is 5.91 Å². The number of amides is 1. The van der Waals surface area contributed by atoms with Gasteiger partial charge >= 0.3 is 0 Å². The van der Waals surface area contributed by atoms with Crippen LogP contribution in [-0.4, -0.2) is 56.0 Å². The van der Waals surface area contributed by atoms with Gasteiger partial charge in [0.1, 0.15) is 11.3 Å². The Morgan fingerprint density at radius 2 is 1.94 bits per heavy atom. The molecule has 10 heteroatoms. The number of benzene rings is 2. The Morgan fingerprint density at radius 1 is 1.18 bits per heavy atom. The summed E-state index contributed by atoms with van der Waals surface area (Å²) in [5.74, 6) is -0.765. The van der Waals surface area contributed by atoms with Gasteiger partial charge in [0.15, 0.2) is 5.13 Å². The number of rotatable bonds is 7. The maximum atomic E-state index is 14.2. The Labute approximate surface area is 195 Å². The molecule has 2 aromatic carbocycles. The van der Waals surface area contributed by atoms with E-state index >= 15 is 0 Å². The summed E-state index contributed by atoms with van der Waals surface area (Å²) in [6.45, 7) is 0.937. The van der Waals surface area contributed by atoms with E-state index in [0.717, 1.165) is 25.7 Å². The Bertz CT molecular complexity index is 1280. The first-order valence-corrected chi connectivity index (χ1v) is 13.2. The second-order valence-corrected chi connectivity index (χ2v) is 11.4. The summed E-state index contributed by atoms with van der Waals surface area (Å²) in [5, 5.41) is 0.390. The Balaban J connectivity index is 1.45. The third kappa shape index (κ3) is 4.40. The Morgan fingerprint density at radius 3 is 2.58 bits per heavy atom. The lowest BCUT2D eigenvalue weighted by Gasteiger charge is -2.23. The number of hydrogen-bond acceptors (Lipinski definition) is 6. The van der Waals surface area contributed by atoms with E-state index < -0.39 is 15.8 Å². The molecular weight excluding hydrogens is 465 g/mol. The van der Waals surface area contributed by atoms with Gasteiger partial charge in [-0.05, 0) is 62.1 Å². The summed E-state index contributed by atoms with van der Waals surface area (Å²) in [4.78, 5) is 19.6. The first-order chi connectivity index (χ1) is 15.8. The maximum Gasteiger partial charge on any atom is 0.260 e. The number of fused-ring (bicyclic) bond motifs is 1. The molecule has 174 valence electrons. The van der Waals surface area contributed by atoms with Crippen molar-refractivity contribution in [1.29, 1.82) is 0 Å². The van der Waals surface area contributed by atoms with Crippen molar-refractivity contribution in [3.05, 3.63) is 53.8 Å². The lowest BCUT2D eigenvalue weighted by atomic mass is 10.2. The molecule has 1 aliphatic carbocycles. The van der Waals surface area contributed by atoms with Gasteiger partial charge in [-0.1, -0.05) is 17.4 Å². The molecule has 1 aliphatic heterocycles. The van der Waals surface area contributed by atoms with Crippen molar-refractivity contribution in [2.75, 3.05) is 25.1 Å². The van der Waals surface area contributed by atoms with Crippen molar-refractivity contribution < 1.29 is 22.3 Å². The first-order valence-electron chi connectivity index (χ1n) is 10.9. The average molecular weight is 490 g/mol. The van der Waals surface area contributed by atoms with Crippen molar-refractivity contribution in [2.24, 2.45) is 0 Å². The lowest BCUT2D eigenvalue weighted by molar-refractivity contribution is 0.0917. The van der Waals surface area contributed by atoms with E-state index in [0.29, 0.717) is 28.5 Å². The quantitative estimate of drug-likeness (QED) is 0.500. The molecule has 1 aromatic heterocycles.